The van der Waals surface area contributed by atoms with Crippen LogP contribution >= 0.6 is 24.0 Å². The van der Waals surface area contributed by atoms with Crippen molar-refractivity contribution in [2.75, 3.05) is 19.7 Å². The van der Waals surface area contributed by atoms with Gasteiger partial charge in [0.05, 0.1) is 12.2 Å². The lowest BCUT2D eigenvalue weighted by atomic mass is 10.2. The molecule has 0 saturated heterocycles. The fourth-order valence-corrected chi connectivity index (χ4v) is 2.07. The highest BCUT2D eigenvalue weighted by molar-refractivity contribution is 14.0. The molecule has 6 nitrogen and oxygen atoms in total. The number of hydrogen-bond donors (Lipinski definition) is 2. The van der Waals surface area contributed by atoms with Crippen LogP contribution in [0.25, 0.3) is 0 Å². The van der Waals surface area contributed by atoms with E-state index in [2.05, 4.69) is 27.5 Å². The van der Waals surface area contributed by atoms with Gasteiger partial charge in [-0.25, -0.2) is 9.98 Å². The third kappa shape index (κ3) is 7.33. The van der Waals surface area contributed by atoms with Crippen LogP contribution in [0.2, 0.25) is 0 Å². The van der Waals surface area contributed by atoms with E-state index >= 15 is 0 Å². The number of aryl methyl sites for hydroxylation is 3. The molecule has 1 aromatic heterocycles. The van der Waals surface area contributed by atoms with Gasteiger partial charge in [-0.15, -0.1) is 24.0 Å². The van der Waals surface area contributed by atoms with E-state index in [4.69, 9.17) is 9.15 Å². The Hall–Kier alpha value is -1.77. The minimum atomic E-state index is 0. The van der Waals surface area contributed by atoms with Gasteiger partial charge in [0.15, 0.2) is 5.96 Å². The van der Waals surface area contributed by atoms with E-state index in [0.29, 0.717) is 25.6 Å². The minimum Gasteiger partial charge on any atom is -0.492 e. The second kappa shape index (κ2) is 11.0. The Morgan fingerprint density at radius 2 is 1.88 bits per heavy atom. The molecule has 138 valence electrons. The summed E-state index contributed by atoms with van der Waals surface area (Å²) in [6.07, 6.45) is 0. The molecule has 0 amide bonds. The van der Waals surface area contributed by atoms with Gasteiger partial charge in [0.25, 0.3) is 0 Å². The maximum absolute atomic E-state index is 5.70. The molecule has 0 fully saturated rings. The van der Waals surface area contributed by atoms with Crippen molar-refractivity contribution in [3.05, 3.63) is 47.2 Å². The zero-order valence-corrected chi connectivity index (χ0v) is 17.6. The maximum Gasteiger partial charge on any atom is 0.216 e. The summed E-state index contributed by atoms with van der Waals surface area (Å²) < 4.78 is 11.2. The first-order valence-electron chi connectivity index (χ1n) is 8.23. The van der Waals surface area contributed by atoms with Crippen molar-refractivity contribution in [1.29, 1.82) is 0 Å². The Kier molecular flexibility index (Phi) is 9.33. The number of benzene rings is 1. The average molecular weight is 458 g/mol. The normalized spacial score (nSPS) is 11.0. The molecule has 0 spiro atoms. The molecule has 0 aliphatic heterocycles. The van der Waals surface area contributed by atoms with Crippen LogP contribution in [0, 0.1) is 20.8 Å². The Morgan fingerprint density at radius 1 is 1.16 bits per heavy atom. The molecule has 2 aromatic rings. The van der Waals surface area contributed by atoms with Crippen molar-refractivity contribution in [3.63, 3.8) is 0 Å². The number of aliphatic imine (C=N–C) groups is 1. The average Bonchev–Trinajstić information content (AvgIpc) is 2.89. The largest absolute Gasteiger partial charge is 0.492 e. The van der Waals surface area contributed by atoms with Gasteiger partial charge in [0.2, 0.25) is 5.89 Å². The SMILES string of the molecule is CCNC(=NCc1nc(C)c(C)o1)NCCOc1ccc(C)cc1.I. The monoisotopic (exact) mass is 458 g/mol. The number of guanidine groups is 1. The van der Waals surface area contributed by atoms with E-state index in [0.717, 1.165) is 29.7 Å². The molecule has 0 saturated carbocycles. The molecule has 0 unspecified atom stereocenters. The van der Waals surface area contributed by atoms with E-state index in [-0.39, 0.29) is 24.0 Å². The van der Waals surface area contributed by atoms with Crippen molar-refractivity contribution in [1.82, 2.24) is 15.6 Å². The molecule has 2 N–H and O–H groups in total. The molecule has 0 atom stereocenters. The summed E-state index contributed by atoms with van der Waals surface area (Å²) in [7, 11) is 0. The van der Waals surface area contributed by atoms with Crippen molar-refractivity contribution in [3.8, 4) is 5.75 Å². The van der Waals surface area contributed by atoms with Crippen LogP contribution in [0.5, 0.6) is 5.75 Å². The fourth-order valence-electron chi connectivity index (χ4n) is 2.07. The van der Waals surface area contributed by atoms with Crippen molar-refractivity contribution >= 4 is 29.9 Å². The van der Waals surface area contributed by atoms with Crippen LogP contribution in [0.4, 0.5) is 0 Å². The minimum absolute atomic E-state index is 0. The topological polar surface area (TPSA) is 71.7 Å². The highest BCUT2D eigenvalue weighted by atomic mass is 127. The summed E-state index contributed by atoms with van der Waals surface area (Å²) in [4.78, 5) is 8.81. The molecule has 7 heteroatoms. The van der Waals surface area contributed by atoms with Gasteiger partial charge in [-0.1, -0.05) is 17.7 Å². The van der Waals surface area contributed by atoms with E-state index < -0.39 is 0 Å². The standard InChI is InChI=1S/C18H26N4O2.HI/c1-5-19-18(21-12-17-22-14(3)15(4)24-17)20-10-11-23-16-8-6-13(2)7-9-16;/h6-9H,5,10-12H2,1-4H3,(H2,19,20,21);1H. The highest BCUT2D eigenvalue weighted by Crippen LogP contribution is 2.11. The molecule has 1 heterocycles. The van der Waals surface area contributed by atoms with E-state index in [1.54, 1.807) is 0 Å². The van der Waals surface area contributed by atoms with E-state index in [1.807, 2.05) is 45.0 Å². The third-order valence-corrected chi connectivity index (χ3v) is 3.47. The number of halogens is 1. The smallest absolute Gasteiger partial charge is 0.216 e. The van der Waals surface area contributed by atoms with Crippen molar-refractivity contribution in [2.24, 2.45) is 4.99 Å². The highest BCUT2D eigenvalue weighted by Gasteiger charge is 2.05. The summed E-state index contributed by atoms with van der Waals surface area (Å²) in [5.74, 6) is 3.05. The summed E-state index contributed by atoms with van der Waals surface area (Å²) in [6, 6.07) is 8.02. The Balaban J connectivity index is 0.00000312. The number of oxazole rings is 1. The number of nitrogens with one attached hydrogen (secondary N) is 2. The zero-order valence-electron chi connectivity index (χ0n) is 15.3. The van der Waals surface area contributed by atoms with Gasteiger partial charge in [-0.3, -0.25) is 0 Å². The second-order valence-electron chi connectivity index (χ2n) is 5.53. The molecule has 0 aliphatic carbocycles. The number of nitrogens with zero attached hydrogens (tertiary/aromatic N) is 2. The lowest BCUT2D eigenvalue weighted by Gasteiger charge is -2.11. The zero-order chi connectivity index (χ0) is 17.4. The number of rotatable bonds is 7. The maximum atomic E-state index is 5.70. The quantitative estimate of drug-likeness (QED) is 0.288. The van der Waals surface area contributed by atoms with Gasteiger partial charge >= 0.3 is 0 Å². The van der Waals surface area contributed by atoms with Crippen LogP contribution in [-0.4, -0.2) is 30.6 Å². The molecule has 0 aliphatic rings. The summed E-state index contributed by atoms with van der Waals surface area (Å²) >= 11 is 0. The van der Waals surface area contributed by atoms with Gasteiger partial charge in [-0.2, -0.15) is 0 Å². The number of ether oxygens (including phenoxy) is 1. The Bertz CT molecular complexity index is 649. The van der Waals surface area contributed by atoms with Gasteiger partial charge in [0, 0.05) is 6.54 Å². The first kappa shape index (κ1) is 21.3. The molecule has 2 rings (SSSR count). The predicted octanol–water partition coefficient (Wildman–Crippen LogP) is 3.35. The molecular formula is C18H27IN4O2. The predicted molar refractivity (Wildman–Crippen MR) is 111 cm³/mol. The lowest BCUT2D eigenvalue weighted by molar-refractivity contribution is 0.322. The first-order valence-corrected chi connectivity index (χ1v) is 8.23. The van der Waals surface area contributed by atoms with Crippen LogP contribution in [0.1, 0.15) is 29.8 Å². The second-order valence-corrected chi connectivity index (χ2v) is 5.53. The van der Waals surface area contributed by atoms with Gasteiger partial charge in [-0.05, 0) is 39.8 Å². The number of aromatic nitrogens is 1. The van der Waals surface area contributed by atoms with E-state index in [9.17, 15) is 0 Å². The Labute approximate surface area is 166 Å². The summed E-state index contributed by atoms with van der Waals surface area (Å²) in [5, 5.41) is 6.43. The molecule has 1 aromatic carbocycles. The fraction of sp³-hybridized carbons (Fsp3) is 0.444. The van der Waals surface area contributed by atoms with Gasteiger partial charge < -0.3 is 19.8 Å². The van der Waals surface area contributed by atoms with E-state index in [1.165, 1.54) is 5.56 Å². The molecule has 25 heavy (non-hydrogen) atoms. The van der Waals surface area contributed by atoms with Crippen LogP contribution < -0.4 is 15.4 Å². The lowest BCUT2D eigenvalue weighted by Crippen LogP contribution is -2.39. The van der Waals surface area contributed by atoms with Crippen molar-refractivity contribution in [2.45, 2.75) is 34.2 Å². The first-order chi connectivity index (χ1) is 11.6. The van der Waals surface area contributed by atoms with Crippen LogP contribution in [0.3, 0.4) is 0 Å². The molecule has 0 radical (unpaired) electrons. The molecular weight excluding hydrogens is 431 g/mol. The van der Waals surface area contributed by atoms with Crippen LogP contribution in [0.15, 0.2) is 33.7 Å². The Morgan fingerprint density at radius 3 is 2.48 bits per heavy atom. The number of hydrogen-bond acceptors (Lipinski definition) is 4. The van der Waals surface area contributed by atoms with Crippen LogP contribution in [-0.2, 0) is 6.54 Å². The summed E-state index contributed by atoms with van der Waals surface area (Å²) in [6.45, 7) is 10.3. The third-order valence-electron chi connectivity index (χ3n) is 3.47. The molecule has 0 bridgehead atoms. The van der Waals surface area contributed by atoms with Crippen molar-refractivity contribution < 1.29 is 9.15 Å². The van der Waals surface area contributed by atoms with Gasteiger partial charge in [0.1, 0.15) is 24.7 Å². The summed E-state index contributed by atoms with van der Waals surface area (Å²) in [5.41, 5.74) is 2.13.